The van der Waals surface area contributed by atoms with Gasteiger partial charge in [-0.3, -0.25) is 4.79 Å². The van der Waals surface area contributed by atoms with Crippen LogP contribution in [0.3, 0.4) is 0 Å². The van der Waals surface area contributed by atoms with Crippen LogP contribution in [-0.2, 0) is 14.3 Å². The maximum atomic E-state index is 11.4. The van der Waals surface area contributed by atoms with Crippen LogP contribution in [0, 0.1) is 0 Å². The molecule has 5 nitrogen and oxygen atoms in total. The normalized spacial score (nSPS) is 12.9. The lowest BCUT2D eigenvalue weighted by molar-refractivity contribution is -0.128. The van der Waals surface area contributed by atoms with Crippen molar-refractivity contribution in [3.63, 3.8) is 0 Å². The Morgan fingerprint density at radius 3 is 2.47 bits per heavy atom. The minimum atomic E-state index is -0.431. The van der Waals surface area contributed by atoms with E-state index < -0.39 is 12.3 Å². The van der Waals surface area contributed by atoms with Crippen LogP contribution in [-0.4, -0.2) is 39.0 Å². The summed E-state index contributed by atoms with van der Waals surface area (Å²) in [7, 11) is 3.05. The second-order valence-corrected chi connectivity index (χ2v) is 3.39. The average Bonchev–Trinajstić information content (AvgIpc) is 2.26. The largest absolute Gasteiger partial charge is 0.354 e. The smallest absolute Gasteiger partial charge is 0.237 e. The van der Waals surface area contributed by atoms with E-state index in [4.69, 9.17) is 15.2 Å². The first-order valence-electron chi connectivity index (χ1n) is 5.24. The zero-order valence-electron chi connectivity index (χ0n) is 9.79. The van der Waals surface area contributed by atoms with Crippen molar-refractivity contribution in [2.45, 2.75) is 38.5 Å². The number of carbonyl (C=O) groups excluding carboxylic acids is 1. The monoisotopic (exact) mass is 218 g/mol. The summed E-state index contributed by atoms with van der Waals surface area (Å²) >= 11 is 0. The molecule has 0 aromatic rings. The van der Waals surface area contributed by atoms with Crippen molar-refractivity contribution >= 4 is 5.91 Å². The Morgan fingerprint density at radius 2 is 2.00 bits per heavy atom. The van der Waals surface area contributed by atoms with Crippen molar-refractivity contribution in [3.05, 3.63) is 0 Å². The van der Waals surface area contributed by atoms with Gasteiger partial charge in [0.1, 0.15) is 0 Å². The molecule has 0 rings (SSSR count). The number of nitrogens with one attached hydrogen (secondary N) is 1. The molecule has 0 radical (unpaired) electrons. The van der Waals surface area contributed by atoms with E-state index >= 15 is 0 Å². The van der Waals surface area contributed by atoms with Gasteiger partial charge in [-0.1, -0.05) is 19.8 Å². The Kier molecular flexibility index (Phi) is 8.27. The Hall–Kier alpha value is -0.650. The van der Waals surface area contributed by atoms with Crippen molar-refractivity contribution in [3.8, 4) is 0 Å². The van der Waals surface area contributed by atoms with Crippen molar-refractivity contribution in [2.75, 3.05) is 20.8 Å². The van der Waals surface area contributed by atoms with Crippen LogP contribution in [0.5, 0.6) is 0 Å². The quantitative estimate of drug-likeness (QED) is 0.572. The van der Waals surface area contributed by atoms with Crippen LogP contribution in [0.15, 0.2) is 0 Å². The van der Waals surface area contributed by atoms with Gasteiger partial charge < -0.3 is 20.5 Å². The molecule has 0 heterocycles. The maximum absolute atomic E-state index is 11.4. The van der Waals surface area contributed by atoms with Gasteiger partial charge in [0.25, 0.3) is 0 Å². The fourth-order valence-corrected chi connectivity index (χ4v) is 1.13. The first-order chi connectivity index (χ1) is 7.15. The van der Waals surface area contributed by atoms with Gasteiger partial charge in [-0.25, -0.2) is 0 Å². The molecule has 1 amide bonds. The Labute approximate surface area is 91.3 Å². The van der Waals surface area contributed by atoms with Gasteiger partial charge in [-0.15, -0.1) is 0 Å². The number of hydrogen-bond acceptors (Lipinski definition) is 4. The summed E-state index contributed by atoms with van der Waals surface area (Å²) in [6, 6.07) is -0.431. The maximum Gasteiger partial charge on any atom is 0.237 e. The number of carbonyl (C=O) groups is 1. The van der Waals surface area contributed by atoms with Crippen molar-refractivity contribution in [1.82, 2.24) is 5.32 Å². The molecule has 0 spiro atoms. The highest BCUT2D eigenvalue weighted by Crippen LogP contribution is 1.98. The first kappa shape index (κ1) is 14.3. The summed E-state index contributed by atoms with van der Waals surface area (Å²) in [4.78, 5) is 11.4. The van der Waals surface area contributed by atoms with Crippen LogP contribution in [0.1, 0.15) is 26.2 Å². The highest BCUT2D eigenvalue weighted by Gasteiger charge is 2.14. The zero-order chi connectivity index (χ0) is 11.7. The molecule has 15 heavy (non-hydrogen) atoms. The van der Waals surface area contributed by atoms with Gasteiger partial charge in [0, 0.05) is 14.2 Å². The van der Waals surface area contributed by atoms with Crippen LogP contribution >= 0.6 is 0 Å². The van der Waals surface area contributed by atoms with E-state index in [0.717, 1.165) is 12.8 Å². The van der Waals surface area contributed by atoms with Gasteiger partial charge in [0.2, 0.25) is 5.91 Å². The van der Waals surface area contributed by atoms with Crippen LogP contribution in [0.25, 0.3) is 0 Å². The van der Waals surface area contributed by atoms with Crippen LogP contribution in [0.4, 0.5) is 0 Å². The first-order valence-corrected chi connectivity index (χ1v) is 5.24. The zero-order valence-corrected chi connectivity index (χ0v) is 9.79. The number of unbranched alkanes of at least 4 members (excludes halogenated alkanes) is 1. The van der Waals surface area contributed by atoms with E-state index in [2.05, 4.69) is 12.2 Å². The molecule has 0 aliphatic rings. The van der Waals surface area contributed by atoms with E-state index in [1.165, 1.54) is 14.2 Å². The molecule has 0 aliphatic carbocycles. The van der Waals surface area contributed by atoms with Crippen molar-refractivity contribution in [1.29, 1.82) is 0 Å². The third kappa shape index (κ3) is 6.43. The fraction of sp³-hybridized carbons (Fsp3) is 0.900. The van der Waals surface area contributed by atoms with Gasteiger partial charge in [0.05, 0.1) is 12.6 Å². The lowest BCUT2D eigenvalue weighted by Gasteiger charge is -2.16. The molecule has 0 aromatic carbocycles. The SMILES string of the molecule is CCCC[C@H](N)C(=O)NCC(OC)OC. The molecule has 0 unspecified atom stereocenters. The Bertz CT molecular complexity index is 172. The highest BCUT2D eigenvalue weighted by molar-refractivity contribution is 5.81. The van der Waals surface area contributed by atoms with E-state index in [-0.39, 0.29) is 5.91 Å². The van der Waals surface area contributed by atoms with E-state index in [0.29, 0.717) is 13.0 Å². The molecule has 0 aromatic heterocycles. The molecule has 0 saturated heterocycles. The second-order valence-electron chi connectivity index (χ2n) is 3.39. The number of hydrogen-bond donors (Lipinski definition) is 2. The summed E-state index contributed by atoms with van der Waals surface area (Å²) in [5.41, 5.74) is 5.68. The summed E-state index contributed by atoms with van der Waals surface area (Å²) in [6.45, 7) is 2.39. The number of rotatable bonds is 8. The average molecular weight is 218 g/mol. The lowest BCUT2D eigenvalue weighted by Crippen LogP contribution is -2.44. The topological polar surface area (TPSA) is 73.6 Å². The summed E-state index contributed by atoms with van der Waals surface area (Å²) in [5.74, 6) is -0.150. The number of ether oxygens (including phenoxy) is 2. The third-order valence-electron chi connectivity index (χ3n) is 2.17. The number of methoxy groups -OCH3 is 2. The van der Waals surface area contributed by atoms with Gasteiger partial charge in [-0.2, -0.15) is 0 Å². The molecule has 0 bridgehead atoms. The van der Waals surface area contributed by atoms with Crippen molar-refractivity contribution in [2.24, 2.45) is 5.73 Å². The van der Waals surface area contributed by atoms with Crippen LogP contribution < -0.4 is 11.1 Å². The molecule has 0 saturated carbocycles. The molecule has 0 aliphatic heterocycles. The van der Waals surface area contributed by atoms with E-state index in [1.54, 1.807) is 0 Å². The molecule has 3 N–H and O–H groups in total. The number of amides is 1. The predicted molar refractivity (Wildman–Crippen MR) is 58.3 cm³/mol. The molecule has 1 atom stereocenters. The Balaban J connectivity index is 3.71. The highest BCUT2D eigenvalue weighted by atomic mass is 16.7. The molecular weight excluding hydrogens is 196 g/mol. The standard InChI is InChI=1S/C10H22N2O3/c1-4-5-6-8(11)10(13)12-7-9(14-2)15-3/h8-9H,4-7,11H2,1-3H3,(H,12,13)/t8-/m0/s1. The second kappa shape index (κ2) is 8.64. The lowest BCUT2D eigenvalue weighted by atomic mass is 10.1. The summed E-state index contributed by atoms with van der Waals surface area (Å²) in [5, 5.41) is 2.68. The molecule has 5 heteroatoms. The minimum Gasteiger partial charge on any atom is -0.354 e. The molecule has 0 fully saturated rings. The van der Waals surface area contributed by atoms with E-state index in [1.807, 2.05) is 0 Å². The fourth-order valence-electron chi connectivity index (χ4n) is 1.13. The third-order valence-corrected chi connectivity index (χ3v) is 2.17. The molecular formula is C10H22N2O3. The molecule has 90 valence electrons. The van der Waals surface area contributed by atoms with Crippen LogP contribution in [0.2, 0.25) is 0 Å². The summed E-state index contributed by atoms with van der Waals surface area (Å²) in [6.07, 6.45) is 2.31. The minimum absolute atomic E-state index is 0.150. The van der Waals surface area contributed by atoms with Gasteiger partial charge >= 0.3 is 0 Å². The Morgan fingerprint density at radius 1 is 1.40 bits per heavy atom. The van der Waals surface area contributed by atoms with Gasteiger partial charge in [0.15, 0.2) is 6.29 Å². The summed E-state index contributed by atoms with van der Waals surface area (Å²) < 4.78 is 9.87. The number of nitrogens with two attached hydrogens (primary N) is 1. The van der Waals surface area contributed by atoms with Crippen molar-refractivity contribution < 1.29 is 14.3 Å². The van der Waals surface area contributed by atoms with Gasteiger partial charge in [-0.05, 0) is 6.42 Å². The van der Waals surface area contributed by atoms with E-state index in [9.17, 15) is 4.79 Å². The predicted octanol–water partition coefficient (Wildman–Crippen LogP) is 0.239.